The van der Waals surface area contributed by atoms with E-state index >= 15 is 0 Å². The van der Waals surface area contributed by atoms with E-state index in [2.05, 4.69) is 73.7 Å². The molecule has 7 rings (SSSR count). The number of carbonyl (C=O) groups is 1. The molecule has 0 unspecified atom stereocenters. The Balaban J connectivity index is 1.28. The minimum Gasteiger partial charge on any atom is -0.465 e. The normalized spacial score (nSPS) is 11.4. The van der Waals surface area contributed by atoms with Gasteiger partial charge < -0.3 is 4.74 Å². The van der Waals surface area contributed by atoms with Gasteiger partial charge in [-0.15, -0.1) is 15.0 Å². The average Bonchev–Trinajstić information content (AvgIpc) is 3.82. The highest BCUT2D eigenvalue weighted by Crippen LogP contribution is 2.40. The molecule has 0 saturated heterocycles. The van der Waals surface area contributed by atoms with Crippen LogP contribution in [0.5, 0.6) is 0 Å². The Morgan fingerprint density at radius 2 is 1.24 bits per heavy atom. The van der Waals surface area contributed by atoms with Crippen LogP contribution in [-0.4, -0.2) is 43.1 Å². The predicted octanol–water partition coefficient (Wildman–Crippen LogP) is 8.39. The second-order valence-corrected chi connectivity index (χ2v) is 12.5. The van der Waals surface area contributed by atoms with Crippen molar-refractivity contribution in [3.05, 3.63) is 179 Å². The van der Waals surface area contributed by atoms with E-state index in [0.717, 1.165) is 63.3 Å². The molecule has 0 N–H and O–H groups in total. The third kappa shape index (κ3) is 6.25. The third-order valence-corrected chi connectivity index (χ3v) is 9.38. The lowest BCUT2D eigenvalue weighted by Crippen LogP contribution is -2.39. The summed E-state index contributed by atoms with van der Waals surface area (Å²) in [5, 5.41) is 19.4. The summed E-state index contributed by atoms with van der Waals surface area (Å²) in [4.78, 5) is 14.6. The lowest BCUT2D eigenvalue weighted by molar-refractivity contribution is 0.0598. The predicted molar refractivity (Wildman–Crippen MR) is 199 cm³/mol. The first-order valence-corrected chi connectivity index (χ1v) is 17.4. The zero-order valence-corrected chi connectivity index (χ0v) is 29.1. The van der Waals surface area contributed by atoms with Crippen molar-refractivity contribution in [1.29, 1.82) is 0 Å². The molecule has 2 aromatic heterocycles. The minimum absolute atomic E-state index is 0.342. The molecule has 0 spiro atoms. The molecule has 254 valence electrons. The molecule has 8 heteroatoms. The zero-order chi connectivity index (χ0) is 35.2. The van der Waals surface area contributed by atoms with Crippen molar-refractivity contribution in [3.63, 3.8) is 0 Å². The van der Waals surface area contributed by atoms with Gasteiger partial charge in [-0.2, -0.15) is 5.10 Å². The van der Waals surface area contributed by atoms with Crippen LogP contribution in [-0.2, 0) is 29.7 Å². The Hall–Kier alpha value is -6.15. The van der Waals surface area contributed by atoms with Crippen LogP contribution in [0, 0.1) is 0 Å². The lowest BCUT2D eigenvalue weighted by atomic mass is 9.77. The van der Waals surface area contributed by atoms with Crippen LogP contribution in [0.2, 0.25) is 0 Å². The molecule has 5 aromatic carbocycles. The summed E-state index contributed by atoms with van der Waals surface area (Å²) >= 11 is 0. The van der Waals surface area contributed by atoms with Crippen molar-refractivity contribution in [3.8, 4) is 22.5 Å². The summed E-state index contributed by atoms with van der Waals surface area (Å²) < 4.78 is 7.13. The van der Waals surface area contributed by atoms with Crippen LogP contribution in [0.1, 0.15) is 64.3 Å². The van der Waals surface area contributed by atoms with Gasteiger partial charge in [0.2, 0.25) is 5.82 Å². The SMILES string of the molecule is CCCn1nc(CC)c(C(=O)OC)c1Cc1ccc(-c2ccccc2-c2nnn(C(c3ccccc3)(c3ccccc3)c3ccccc3)n2)cc1. The summed E-state index contributed by atoms with van der Waals surface area (Å²) in [5.74, 6) is 0.186. The van der Waals surface area contributed by atoms with Gasteiger partial charge in [-0.25, -0.2) is 4.79 Å². The van der Waals surface area contributed by atoms with Crippen LogP contribution < -0.4 is 0 Å². The number of aromatic nitrogens is 6. The van der Waals surface area contributed by atoms with Crippen molar-refractivity contribution in [2.24, 2.45) is 0 Å². The van der Waals surface area contributed by atoms with E-state index < -0.39 is 5.54 Å². The van der Waals surface area contributed by atoms with Crippen molar-refractivity contribution in [2.45, 2.75) is 45.2 Å². The zero-order valence-electron chi connectivity index (χ0n) is 29.1. The summed E-state index contributed by atoms with van der Waals surface area (Å²) in [6, 6.07) is 47.6. The van der Waals surface area contributed by atoms with Gasteiger partial charge in [0.1, 0.15) is 5.56 Å². The molecule has 0 bridgehead atoms. The van der Waals surface area contributed by atoms with Gasteiger partial charge in [-0.3, -0.25) is 4.68 Å². The summed E-state index contributed by atoms with van der Waals surface area (Å²) in [7, 11) is 1.42. The Morgan fingerprint density at radius 3 is 1.76 bits per heavy atom. The molecule has 0 fully saturated rings. The molecule has 0 aliphatic heterocycles. The number of ether oxygens (including phenoxy) is 1. The fourth-order valence-corrected chi connectivity index (χ4v) is 6.99. The first kappa shape index (κ1) is 33.4. The van der Waals surface area contributed by atoms with Crippen molar-refractivity contribution < 1.29 is 9.53 Å². The smallest absolute Gasteiger partial charge is 0.341 e. The number of aryl methyl sites for hydroxylation is 2. The summed E-state index contributed by atoms with van der Waals surface area (Å²) in [5.41, 5.74) is 8.41. The molecule has 0 aliphatic rings. The van der Waals surface area contributed by atoms with Gasteiger partial charge in [0, 0.05) is 18.5 Å². The second-order valence-electron chi connectivity index (χ2n) is 12.5. The number of benzene rings is 5. The summed E-state index contributed by atoms with van der Waals surface area (Å²) in [6.45, 7) is 4.86. The summed E-state index contributed by atoms with van der Waals surface area (Å²) in [6.07, 6.45) is 2.14. The Labute approximate surface area is 298 Å². The van der Waals surface area contributed by atoms with Crippen LogP contribution in [0.4, 0.5) is 0 Å². The van der Waals surface area contributed by atoms with Crippen molar-refractivity contribution in [2.75, 3.05) is 7.11 Å². The van der Waals surface area contributed by atoms with E-state index in [1.807, 2.05) is 84.4 Å². The number of rotatable bonds is 12. The number of esters is 1. The number of methoxy groups -OCH3 is 1. The average molecular weight is 673 g/mol. The van der Waals surface area contributed by atoms with Crippen LogP contribution in [0.25, 0.3) is 22.5 Å². The molecule has 7 aromatic rings. The van der Waals surface area contributed by atoms with E-state index in [9.17, 15) is 4.79 Å². The van der Waals surface area contributed by atoms with Crippen LogP contribution >= 0.6 is 0 Å². The number of tetrazole rings is 1. The highest BCUT2D eigenvalue weighted by atomic mass is 16.5. The standard InChI is InChI=1S/C43H40N6O2/c1-4-29-48-39(40(42(50)51-3)38(5-2)45-48)30-31-25-27-32(28-26-31)36-23-15-16-24-37(36)41-44-47-49(46-41)43(33-17-9-6-10-18-33,34-19-11-7-12-20-34)35-21-13-8-14-22-35/h6-28H,4-5,29-30H2,1-3H3. The van der Waals surface area contributed by atoms with E-state index in [1.165, 1.54) is 7.11 Å². The third-order valence-electron chi connectivity index (χ3n) is 9.38. The molecule has 0 atom stereocenters. The maximum atomic E-state index is 12.8. The monoisotopic (exact) mass is 672 g/mol. The highest BCUT2D eigenvalue weighted by Gasteiger charge is 2.41. The van der Waals surface area contributed by atoms with Crippen molar-refractivity contribution in [1.82, 2.24) is 30.0 Å². The van der Waals surface area contributed by atoms with E-state index in [-0.39, 0.29) is 5.97 Å². The number of carbonyl (C=O) groups excluding carboxylic acids is 1. The fraction of sp³-hybridized carbons (Fsp3) is 0.186. The first-order valence-electron chi connectivity index (χ1n) is 17.4. The van der Waals surface area contributed by atoms with E-state index in [4.69, 9.17) is 25.2 Å². The molecule has 0 radical (unpaired) electrons. The fourth-order valence-electron chi connectivity index (χ4n) is 6.99. The largest absolute Gasteiger partial charge is 0.465 e. The number of nitrogens with zero attached hydrogens (tertiary/aromatic N) is 6. The molecule has 8 nitrogen and oxygen atoms in total. The van der Waals surface area contributed by atoms with E-state index in [1.54, 1.807) is 4.80 Å². The van der Waals surface area contributed by atoms with E-state index in [0.29, 0.717) is 24.2 Å². The molecule has 0 amide bonds. The van der Waals surface area contributed by atoms with Gasteiger partial charge in [0.15, 0.2) is 5.54 Å². The molecular weight excluding hydrogens is 633 g/mol. The minimum atomic E-state index is -0.864. The molecular formula is C43H40N6O2. The Morgan fingerprint density at radius 1 is 0.686 bits per heavy atom. The Kier molecular flexibility index (Phi) is 9.65. The van der Waals surface area contributed by atoms with Gasteiger partial charge >= 0.3 is 5.97 Å². The second kappa shape index (κ2) is 14.8. The quantitative estimate of drug-likeness (QED) is 0.0957. The first-order chi connectivity index (χ1) is 25.1. The van der Waals surface area contributed by atoms with Gasteiger partial charge in [0.25, 0.3) is 0 Å². The number of hydrogen-bond donors (Lipinski definition) is 0. The maximum absolute atomic E-state index is 12.8. The highest BCUT2D eigenvalue weighted by molar-refractivity contribution is 5.92. The number of hydrogen-bond acceptors (Lipinski definition) is 6. The lowest BCUT2D eigenvalue weighted by Gasteiger charge is -2.34. The molecule has 0 aliphatic carbocycles. The molecule has 2 heterocycles. The van der Waals surface area contributed by atoms with Gasteiger partial charge in [0.05, 0.1) is 18.5 Å². The topological polar surface area (TPSA) is 87.7 Å². The maximum Gasteiger partial charge on any atom is 0.341 e. The van der Waals surface area contributed by atoms with Crippen LogP contribution in [0.3, 0.4) is 0 Å². The van der Waals surface area contributed by atoms with Crippen LogP contribution in [0.15, 0.2) is 140 Å². The van der Waals surface area contributed by atoms with Gasteiger partial charge in [-0.05, 0) is 51.4 Å². The molecule has 0 saturated carbocycles. The van der Waals surface area contributed by atoms with Crippen molar-refractivity contribution >= 4 is 5.97 Å². The van der Waals surface area contributed by atoms with Gasteiger partial charge in [-0.1, -0.05) is 153 Å². The Bertz CT molecular complexity index is 2130. The molecule has 51 heavy (non-hydrogen) atoms.